The van der Waals surface area contributed by atoms with Crippen LogP contribution in [-0.4, -0.2) is 87.9 Å². The van der Waals surface area contributed by atoms with Gasteiger partial charge in [0.2, 0.25) is 5.88 Å². The molecule has 21 heteroatoms. The Morgan fingerprint density at radius 3 is 1.73 bits per heavy atom. The fourth-order valence-corrected chi connectivity index (χ4v) is 4.29. The largest absolute Gasteiger partial charge is 0.470 e. The molecule has 6 heterocycles. The number of nitrogens with zero attached hydrogens (tertiary/aromatic N) is 4. The van der Waals surface area contributed by atoms with Gasteiger partial charge in [0.1, 0.15) is 12.2 Å². The van der Waals surface area contributed by atoms with Gasteiger partial charge < -0.3 is 46.9 Å². The fraction of sp³-hybridized carbons (Fsp3) is 0.429. The van der Waals surface area contributed by atoms with Gasteiger partial charge in [-0.25, -0.2) is 9.97 Å². The number of nitrogens with two attached hydrogens (primary N) is 1. The Kier molecular flexibility index (Phi) is 20.2. The number of halogens is 3. The van der Waals surface area contributed by atoms with E-state index in [1.54, 1.807) is 6.07 Å². The summed E-state index contributed by atoms with van der Waals surface area (Å²) in [5.74, 6) is 0.426. The minimum absolute atomic E-state index is 0. The third kappa shape index (κ3) is 15.5. The number of hydrogen-bond donors (Lipinski definition) is 3. The molecule has 3 aromatic rings. The van der Waals surface area contributed by atoms with Crippen LogP contribution in [-0.2, 0) is 34.6 Å². The van der Waals surface area contributed by atoms with Crippen LogP contribution in [0.3, 0.4) is 0 Å². The summed E-state index contributed by atoms with van der Waals surface area (Å²) in [5, 5.41) is 30.3. The standard InChI is InChI=1S/C9H9ClN2O4.C9H11ClN2O2.C5H3ClN2O3.C4H8O2.CH3.Pd/c10-6-3-8(12(13)14)9(11-4-6)16-7-1-2-15-5-7;10-6-3-8(11)9(12-4-6)14-7-1-2-13-5-7;6-3-1-4(8(10)11)5(9)7-2-3;5-4-1-2-6-3-4;;/h3-4,7H,1-2,5H2;3-4,7H,1-2,5,11H2;1-2H,(H,7,9);4-5H,1-3H2;1H3;/q;;;;-1;/t2*7-;;4-;;/m11.1../s1. The van der Waals surface area contributed by atoms with Crippen molar-refractivity contribution in [1.82, 2.24) is 15.0 Å². The summed E-state index contributed by atoms with van der Waals surface area (Å²) in [5.41, 5.74) is 4.63. The topological polar surface area (TPSA) is 237 Å². The molecule has 3 aliphatic rings. The number of H-pyrrole nitrogens is 1. The molecule has 3 fully saturated rings. The van der Waals surface area contributed by atoms with Crippen LogP contribution < -0.4 is 20.8 Å². The van der Waals surface area contributed by atoms with Gasteiger partial charge >= 0.3 is 16.9 Å². The molecular weight excluding hydrogens is 809 g/mol. The number of aromatic nitrogens is 3. The zero-order valence-electron chi connectivity index (χ0n) is 25.9. The van der Waals surface area contributed by atoms with Crippen LogP contribution in [0.25, 0.3) is 0 Å². The van der Waals surface area contributed by atoms with Crippen LogP contribution in [0.1, 0.15) is 19.3 Å². The second-order valence-corrected chi connectivity index (χ2v) is 11.1. The Hall–Kier alpha value is -3.18. The van der Waals surface area contributed by atoms with Gasteiger partial charge in [-0.3, -0.25) is 25.0 Å². The van der Waals surface area contributed by atoms with E-state index in [1.807, 2.05) is 0 Å². The number of ether oxygens (including phenoxy) is 5. The van der Waals surface area contributed by atoms with Crippen LogP contribution in [0.5, 0.6) is 11.8 Å². The van der Waals surface area contributed by atoms with Crippen molar-refractivity contribution in [1.29, 1.82) is 0 Å². The van der Waals surface area contributed by atoms with Gasteiger partial charge in [-0.15, -0.1) is 0 Å². The molecular formula is C28H34Cl3N6O11Pd-. The van der Waals surface area contributed by atoms with Crippen LogP contribution >= 0.6 is 34.8 Å². The van der Waals surface area contributed by atoms with Crippen molar-refractivity contribution in [2.24, 2.45) is 0 Å². The van der Waals surface area contributed by atoms with E-state index in [0.717, 1.165) is 32.1 Å². The maximum Gasteiger partial charge on any atom is 0.335 e. The molecule has 0 unspecified atom stereocenters. The van der Waals surface area contributed by atoms with Gasteiger partial charge in [-0.1, -0.05) is 34.8 Å². The van der Waals surface area contributed by atoms with Gasteiger partial charge in [0, 0.05) is 64.4 Å². The van der Waals surface area contributed by atoms with E-state index >= 15 is 0 Å². The number of rotatable bonds is 6. The molecule has 0 saturated carbocycles. The van der Waals surface area contributed by atoms with Gasteiger partial charge in [0.15, 0.2) is 0 Å². The van der Waals surface area contributed by atoms with Crippen molar-refractivity contribution >= 4 is 51.9 Å². The maximum atomic E-state index is 10.7. The van der Waals surface area contributed by atoms with E-state index in [-0.39, 0.29) is 67.8 Å². The second-order valence-electron chi connectivity index (χ2n) is 9.80. The molecule has 274 valence electrons. The summed E-state index contributed by atoms with van der Waals surface area (Å²) >= 11 is 16.7. The van der Waals surface area contributed by atoms with Crippen LogP contribution in [0, 0.1) is 27.7 Å². The molecule has 3 aliphatic heterocycles. The zero-order chi connectivity index (χ0) is 34.3. The number of nitro groups is 2. The Balaban J connectivity index is 0.000000336. The Morgan fingerprint density at radius 2 is 1.31 bits per heavy atom. The van der Waals surface area contributed by atoms with E-state index in [2.05, 4.69) is 15.0 Å². The predicted molar refractivity (Wildman–Crippen MR) is 176 cm³/mol. The molecule has 0 spiro atoms. The molecule has 0 amide bonds. The molecule has 0 aromatic carbocycles. The van der Waals surface area contributed by atoms with Gasteiger partial charge in [0.25, 0.3) is 5.88 Å². The molecule has 3 saturated heterocycles. The van der Waals surface area contributed by atoms with Crippen molar-refractivity contribution in [2.75, 3.05) is 45.4 Å². The first-order valence-electron chi connectivity index (χ1n) is 13.9. The average molecular weight is 843 g/mol. The number of hydrogen-bond acceptors (Lipinski definition) is 14. The summed E-state index contributed by atoms with van der Waals surface area (Å²) < 4.78 is 26.0. The number of aliphatic hydroxyl groups excluding tert-OH is 1. The number of nitrogens with one attached hydrogen (secondary N) is 1. The van der Waals surface area contributed by atoms with Crippen molar-refractivity contribution in [3.63, 3.8) is 0 Å². The Bertz CT molecular complexity index is 1540. The summed E-state index contributed by atoms with van der Waals surface area (Å²) in [7, 11) is 0. The fourth-order valence-electron chi connectivity index (χ4n) is 3.81. The molecule has 6 rings (SSSR count). The first-order chi connectivity index (χ1) is 22.4. The van der Waals surface area contributed by atoms with Crippen molar-refractivity contribution in [3.05, 3.63) is 89.9 Å². The second kappa shape index (κ2) is 22.5. The van der Waals surface area contributed by atoms with E-state index in [0.29, 0.717) is 49.4 Å². The first-order valence-corrected chi connectivity index (χ1v) is 15.0. The van der Waals surface area contributed by atoms with E-state index in [9.17, 15) is 25.0 Å². The Labute approximate surface area is 309 Å². The van der Waals surface area contributed by atoms with Gasteiger partial charge in [-0.05, 0) is 12.5 Å². The monoisotopic (exact) mass is 841 g/mol. The summed E-state index contributed by atoms with van der Waals surface area (Å²) in [6, 6.07) is 3.85. The molecule has 0 aliphatic carbocycles. The number of nitrogen functional groups attached to an aromatic ring is 1. The normalized spacial score (nSPS) is 18.8. The quantitative estimate of drug-likeness (QED) is 0.135. The molecule has 17 nitrogen and oxygen atoms in total. The summed E-state index contributed by atoms with van der Waals surface area (Å²) in [6.07, 6.45) is 6.15. The van der Waals surface area contributed by atoms with Crippen molar-refractivity contribution in [3.8, 4) is 11.8 Å². The molecule has 4 N–H and O–H groups in total. The average Bonchev–Trinajstić information content (AvgIpc) is 3.83. The van der Waals surface area contributed by atoms with E-state index in [4.69, 9.17) is 69.3 Å². The minimum atomic E-state index is -0.787. The van der Waals surface area contributed by atoms with Crippen LogP contribution in [0.2, 0.25) is 15.1 Å². The maximum absolute atomic E-state index is 10.7. The molecule has 0 bridgehead atoms. The van der Waals surface area contributed by atoms with E-state index in [1.165, 1.54) is 24.7 Å². The third-order valence-corrected chi connectivity index (χ3v) is 6.76. The SMILES string of the molecule is Nc1cc(Cl)cnc1O[C@@H]1CCOC1.O=[N+]([O-])c1cc(Cl)cnc1O[C@@H]1CCOC1.O=c1[nH]cc(Cl)cc1[N+](=O)[O-].O[C@@H]1CCOC1.[CH3-].[Pd]. The van der Waals surface area contributed by atoms with Crippen molar-refractivity contribution < 1.29 is 59.1 Å². The van der Waals surface area contributed by atoms with Crippen LogP contribution in [0.4, 0.5) is 17.1 Å². The molecule has 3 atom stereocenters. The Morgan fingerprint density at radius 1 is 0.816 bits per heavy atom. The van der Waals surface area contributed by atoms with Crippen LogP contribution in [0.15, 0.2) is 41.6 Å². The number of anilines is 1. The van der Waals surface area contributed by atoms with Gasteiger partial charge in [0.05, 0.1) is 75.9 Å². The molecule has 49 heavy (non-hydrogen) atoms. The molecule has 0 radical (unpaired) electrons. The summed E-state index contributed by atoms with van der Waals surface area (Å²) in [6.45, 7) is 3.65. The summed E-state index contributed by atoms with van der Waals surface area (Å²) in [4.78, 5) is 40.1. The zero-order valence-corrected chi connectivity index (χ0v) is 29.7. The first kappa shape index (κ1) is 43.8. The number of pyridine rings is 3. The van der Waals surface area contributed by atoms with Gasteiger partial charge in [-0.2, -0.15) is 0 Å². The van der Waals surface area contributed by atoms with Crippen molar-refractivity contribution in [2.45, 2.75) is 37.6 Å². The van der Waals surface area contributed by atoms with E-state index < -0.39 is 21.1 Å². The number of aromatic amines is 1. The number of aliphatic hydroxyl groups is 1. The smallest absolute Gasteiger partial charge is 0.335 e. The third-order valence-electron chi connectivity index (χ3n) is 6.12. The minimum Gasteiger partial charge on any atom is -0.470 e. The predicted octanol–water partition coefficient (Wildman–Crippen LogP) is 4.45. The molecule has 3 aromatic heterocycles.